The zero-order valence-corrected chi connectivity index (χ0v) is 19.1. The molecule has 0 bridgehead atoms. The average molecular weight is 476 g/mol. The Balaban J connectivity index is 1.54. The predicted octanol–water partition coefficient (Wildman–Crippen LogP) is 5.64. The maximum atomic E-state index is 11.3. The summed E-state index contributed by atoms with van der Waals surface area (Å²) < 4.78 is 5.78. The highest BCUT2D eigenvalue weighted by molar-refractivity contribution is 8.12. The molecule has 0 saturated heterocycles. The van der Waals surface area contributed by atoms with Gasteiger partial charge >= 0.3 is 0 Å². The molecule has 9 heteroatoms. The standard InChI is InChI=1S/C24H18ClN5O2S/c1-33-24(31)27-11-2-4-16-6-8-21-19(12-16)23(29-15-28-21)30-17-7-9-22(20(25)13-17)32-18-5-3-10-26-14-18/h3,5-10,12-15H,11H2,1H3,(H,27,31)(H,28,29,30). The summed E-state index contributed by atoms with van der Waals surface area (Å²) in [6.07, 6.45) is 6.51. The summed E-state index contributed by atoms with van der Waals surface area (Å²) in [4.78, 5) is 24.0. The maximum Gasteiger partial charge on any atom is 0.279 e. The van der Waals surface area contributed by atoms with Gasteiger partial charge in [-0.15, -0.1) is 0 Å². The predicted molar refractivity (Wildman–Crippen MR) is 132 cm³/mol. The minimum atomic E-state index is -0.113. The molecule has 2 aromatic heterocycles. The van der Waals surface area contributed by atoms with Gasteiger partial charge in [0, 0.05) is 22.8 Å². The van der Waals surface area contributed by atoms with E-state index in [1.54, 1.807) is 42.9 Å². The molecule has 0 fully saturated rings. The van der Waals surface area contributed by atoms with Gasteiger partial charge in [-0.25, -0.2) is 9.97 Å². The van der Waals surface area contributed by atoms with E-state index in [0.29, 0.717) is 22.3 Å². The lowest BCUT2D eigenvalue weighted by Crippen LogP contribution is -2.17. The van der Waals surface area contributed by atoms with Gasteiger partial charge in [-0.2, -0.15) is 0 Å². The molecule has 0 aliphatic heterocycles. The molecule has 4 aromatic rings. The first-order chi connectivity index (χ1) is 16.1. The van der Waals surface area contributed by atoms with Crippen LogP contribution in [-0.4, -0.2) is 33.0 Å². The number of nitrogens with one attached hydrogen (secondary N) is 2. The zero-order valence-electron chi connectivity index (χ0n) is 17.5. The third-order valence-corrected chi connectivity index (χ3v) is 5.24. The van der Waals surface area contributed by atoms with Gasteiger partial charge in [-0.3, -0.25) is 9.78 Å². The van der Waals surface area contributed by atoms with Gasteiger partial charge in [-0.1, -0.05) is 35.2 Å². The van der Waals surface area contributed by atoms with Gasteiger partial charge in [-0.05, 0) is 54.8 Å². The van der Waals surface area contributed by atoms with Crippen LogP contribution in [0.15, 0.2) is 67.3 Å². The lowest BCUT2D eigenvalue weighted by atomic mass is 10.1. The zero-order chi connectivity index (χ0) is 23.0. The normalized spacial score (nSPS) is 10.2. The Kier molecular flexibility index (Phi) is 7.25. The van der Waals surface area contributed by atoms with E-state index in [1.807, 2.05) is 24.3 Å². The summed E-state index contributed by atoms with van der Waals surface area (Å²) in [6.45, 7) is 0.278. The molecule has 7 nitrogen and oxygen atoms in total. The van der Waals surface area contributed by atoms with Crippen LogP contribution in [0.25, 0.3) is 10.9 Å². The summed E-state index contributed by atoms with van der Waals surface area (Å²) in [7, 11) is 0. The van der Waals surface area contributed by atoms with E-state index in [1.165, 1.54) is 6.33 Å². The van der Waals surface area contributed by atoms with Gasteiger partial charge in [0.05, 0.1) is 23.3 Å². The number of benzene rings is 2. The van der Waals surface area contributed by atoms with E-state index in [2.05, 4.69) is 37.4 Å². The van der Waals surface area contributed by atoms with Crippen molar-refractivity contribution in [3.8, 4) is 23.3 Å². The number of thioether (sulfide) groups is 1. The molecular weight excluding hydrogens is 458 g/mol. The topological polar surface area (TPSA) is 89.0 Å². The Morgan fingerprint density at radius 3 is 2.88 bits per heavy atom. The second-order valence-electron chi connectivity index (χ2n) is 6.66. The first-order valence-electron chi connectivity index (χ1n) is 9.82. The van der Waals surface area contributed by atoms with E-state index in [-0.39, 0.29) is 11.8 Å². The number of halogens is 1. The van der Waals surface area contributed by atoms with Crippen LogP contribution >= 0.6 is 23.4 Å². The molecular formula is C24H18ClN5O2S. The van der Waals surface area contributed by atoms with Crippen LogP contribution in [-0.2, 0) is 0 Å². The Hall–Kier alpha value is -3.80. The van der Waals surface area contributed by atoms with Crippen molar-refractivity contribution in [2.24, 2.45) is 0 Å². The van der Waals surface area contributed by atoms with E-state index in [4.69, 9.17) is 16.3 Å². The van der Waals surface area contributed by atoms with E-state index < -0.39 is 0 Å². The summed E-state index contributed by atoms with van der Waals surface area (Å²) in [6, 6.07) is 14.7. The first kappa shape index (κ1) is 22.4. The molecule has 33 heavy (non-hydrogen) atoms. The first-order valence-corrected chi connectivity index (χ1v) is 11.4. The fourth-order valence-electron chi connectivity index (χ4n) is 2.90. The van der Waals surface area contributed by atoms with Crippen LogP contribution in [0.5, 0.6) is 11.5 Å². The van der Waals surface area contributed by atoms with E-state index in [0.717, 1.165) is 33.9 Å². The van der Waals surface area contributed by atoms with Crippen LogP contribution < -0.4 is 15.4 Å². The van der Waals surface area contributed by atoms with Crippen LogP contribution in [0.1, 0.15) is 5.56 Å². The second kappa shape index (κ2) is 10.7. The van der Waals surface area contributed by atoms with Crippen molar-refractivity contribution in [1.29, 1.82) is 0 Å². The number of aromatic nitrogens is 3. The molecule has 0 radical (unpaired) electrons. The molecule has 0 aliphatic carbocycles. The molecule has 164 valence electrons. The number of hydrogen-bond acceptors (Lipinski definition) is 7. The molecule has 2 heterocycles. The highest BCUT2D eigenvalue weighted by atomic mass is 35.5. The molecule has 2 aromatic carbocycles. The number of ether oxygens (including phenoxy) is 1. The van der Waals surface area contributed by atoms with Crippen LogP contribution in [0, 0.1) is 11.8 Å². The highest BCUT2D eigenvalue weighted by Crippen LogP contribution is 2.33. The van der Waals surface area contributed by atoms with Crippen LogP contribution in [0.3, 0.4) is 0 Å². The Bertz CT molecular complexity index is 1360. The summed E-state index contributed by atoms with van der Waals surface area (Å²) >= 11 is 7.54. The van der Waals surface area contributed by atoms with Crippen LogP contribution in [0.2, 0.25) is 5.02 Å². The molecule has 0 unspecified atom stereocenters. The number of carbonyl (C=O) groups excluding carboxylic acids is 1. The smallest absolute Gasteiger partial charge is 0.279 e. The van der Waals surface area contributed by atoms with E-state index >= 15 is 0 Å². The third-order valence-electron chi connectivity index (χ3n) is 4.43. The van der Waals surface area contributed by atoms with Gasteiger partial charge in [0.2, 0.25) is 0 Å². The lowest BCUT2D eigenvalue weighted by Gasteiger charge is -2.11. The van der Waals surface area contributed by atoms with Crippen molar-refractivity contribution >= 4 is 51.0 Å². The largest absolute Gasteiger partial charge is 0.454 e. The lowest BCUT2D eigenvalue weighted by molar-refractivity contribution is 0.262. The molecule has 0 spiro atoms. The fraction of sp³-hybridized carbons (Fsp3) is 0.0833. The van der Waals surface area contributed by atoms with Crippen LogP contribution in [0.4, 0.5) is 16.3 Å². The second-order valence-corrected chi connectivity index (χ2v) is 7.85. The van der Waals surface area contributed by atoms with Gasteiger partial charge in [0.15, 0.2) is 0 Å². The molecule has 1 amide bonds. The van der Waals surface area contributed by atoms with Crippen molar-refractivity contribution in [2.45, 2.75) is 0 Å². The van der Waals surface area contributed by atoms with Crippen molar-refractivity contribution in [2.75, 3.05) is 18.1 Å². The molecule has 2 N–H and O–H groups in total. The molecule has 0 aliphatic rings. The minimum absolute atomic E-state index is 0.113. The van der Waals surface area contributed by atoms with Crippen molar-refractivity contribution in [3.05, 3.63) is 77.8 Å². The fourth-order valence-corrected chi connectivity index (χ4v) is 3.34. The van der Waals surface area contributed by atoms with Crippen molar-refractivity contribution in [1.82, 2.24) is 20.3 Å². The van der Waals surface area contributed by atoms with E-state index in [9.17, 15) is 4.79 Å². The van der Waals surface area contributed by atoms with Gasteiger partial charge < -0.3 is 15.4 Å². The third kappa shape index (κ3) is 5.92. The number of nitrogens with zero attached hydrogens (tertiary/aromatic N) is 3. The Morgan fingerprint density at radius 2 is 2.09 bits per heavy atom. The van der Waals surface area contributed by atoms with Crippen molar-refractivity contribution < 1.29 is 9.53 Å². The summed E-state index contributed by atoms with van der Waals surface area (Å²) in [5.41, 5.74) is 2.31. The van der Waals surface area contributed by atoms with Crippen molar-refractivity contribution in [3.63, 3.8) is 0 Å². The Labute approximate surface area is 200 Å². The number of hydrogen-bond donors (Lipinski definition) is 2. The maximum absolute atomic E-state index is 11.3. The van der Waals surface area contributed by atoms with Gasteiger partial charge in [0.25, 0.3) is 5.24 Å². The minimum Gasteiger partial charge on any atom is -0.454 e. The number of fused-ring (bicyclic) bond motifs is 1. The number of pyridine rings is 1. The molecule has 4 rings (SSSR count). The number of anilines is 2. The molecule has 0 saturated carbocycles. The quantitative estimate of drug-likeness (QED) is 0.361. The van der Waals surface area contributed by atoms with Gasteiger partial charge in [0.1, 0.15) is 23.6 Å². The summed E-state index contributed by atoms with van der Waals surface area (Å²) in [5.74, 6) is 7.73. The summed E-state index contributed by atoms with van der Waals surface area (Å²) in [5, 5.41) is 7.12. The number of rotatable bonds is 5. The average Bonchev–Trinajstić information content (AvgIpc) is 2.84. The molecule has 0 atom stereocenters. The monoisotopic (exact) mass is 475 g/mol. The number of amides is 1. The number of carbonyl (C=O) groups is 1. The Morgan fingerprint density at radius 1 is 1.18 bits per heavy atom. The highest BCUT2D eigenvalue weighted by Gasteiger charge is 2.08. The SMILES string of the molecule is CSC(=O)NCC#Cc1ccc2ncnc(Nc3ccc(Oc4cccnc4)c(Cl)c3)c2c1.